The Morgan fingerprint density at radius 2 is 2.12 bits per heavy atom. The van der Waals surface area contributed by atoms with Gasteiger partial charge < -0.3 is 5.32 Å². The van der Waals surface area contributed by atoms with Crippen LogP contribution < -0.4 is 5.32 Å². The third-order valence-corrected chi connectivity index (χ3v) is 3.38. The third kappa shape index (κ3) is 2.58. The van der Waals surface area contributed by atoms with Gasteiger partial charge in [-0.15, -0.1) is 11.3 Å². The lowest BCUT2D eigenvalue weighted by atomic mass is 10.3. The largest absolute Gasteiger partial charge is 0.376 e. The summed E-state index contributed by atoms with van der Waals surface area (Å²) in [6.45, 7) is 6.18. The average molecular weight is 233 g/mol. The van der Waals surface area contributed by atoms with E-state index < -0.39 is 0 Å². The molecule has 0 aliphatic rings. The summed E-state index contributed by atoms with van der Waals surface area (Å²) in [5.41, 5.74) is 2.11. The number of aromatic nitrogens is 2. The second kappa shape index (κ2) is 4.61. The van der Waals surface area contributed by atoms with Gasteiger partial charge >= 0.3 is 0 Å². The first-order valence-corrected chi connectivity index (χ1v) is 6.08. The van der Waals surface area contributed by atoms with Gasteiger partial charge in [-0.05, 0) is 32.9 Å². The van der Waals surface area contributed by atoms with Crippen molar-refractivity contribution in [1.82, 2.24) is 9.97 Å². The quantitative estimate of drug-likeness (QED) is 0.883. The van der Waals surface area contributed by atoms with Crippen LogP contribution in [-0.4, -0.2) is 9.97 Å². The van der Waals surface area contributed by atoms with E-state index in [1.807, 2.05) is 31.5 Å². The number of thiazole rings is 1. The molecule has 16 heavy (non-hydrogen) atoms. The molecule has 1 unspecified atom stereocenters. The molecule has 0 bridgehead atoms. The fourth-order valence-corrected chi connectivity index (χ4v) is 2.30. The van der Waals surface area contributed by atoms with E-state index in [2.05, 4.69) is 29.1 Å². The summed E-state index contributed by atoms with van der Waals surface area (Å²) >= 11 is 1.73. The SMILES string of the molecule is Cc1cc(NC(C)c2ncc(C)s2)ccn1. The molecule has 2 aromatic heterocycles. The van der Waals surface area contributed by atoms with Crippen LogP contribution in [0.4, 0.5) is 5.69 Å². The van der Waals surface area contributed by atoms with Crippen LogP contribution in [0.1, 0.15) is 28.5 Å². The molecule has 0 amide bonds. The molecule has 0 radical (unpaired) electrons. The minimum Gasteiger partial charge on any atom is -0.376 e. The van der Waals surface area contributed by atoms with Crippen LogP contribution in [0.2, 0.25) is 0 Å². The van der Waals surface area contributed by atoms with Crippen molar-refractivity contribution < 1.29 is 0 Å². The van der Waals surface area contributed by atoms with E-state index in [4.69, 9.17) is 0 Å². The van der Waals surface area contributed by atoms with E-state index in [9.17, 15) is 0 Å². The van der Waals surface area contributed by atoms with E-state index in [1.165, 1.54) is 4.88 Å². The summed E-state index contributed by atoms with van der Waals surface area (Å²) in [5.74, 6) is 0. The van der Waals surface area contributed by atoms with Crippen molar-refractivity contribution in [2.45, 2.75) is 26.8 Å². The highest BCUT2D eigenvalue weighted by Crippen LogP contribution is 2.23. The molecule has 4 heteroatoms. The first kappa shape index (κ1) is 11.1. The summed E-state index contributed by atoms with van der Waals surface area (Å²) in [6.07, 6.45) is 3.73. The zero-order chi connectivity index (χ0) is 11.5. The molecule has 0 aliphatic heterocycles. The minimum absolute atomic E-state index is 0.237. The van der Waals surface area contributed by atoms with Gasteiger partial charge in [0.05, 0.1) is 6.04 Å². The van der Waals surface area contributed by atoms with Crippen LogP contribution in [-0.2, 0) is 0 Å². The molecule has 0 saturated heterocycles. The second-order valence-corrected chi connectivity index (χ2v) is 5.13. The van der Waals surface area contributed by atoms with Crippen molar-refractivity contribution in [2.75, 3.05) is 5.32 Å². The van der Waals surface area contributed by atoms with Crippen LogP contribution in [0.25, 0.3) is 0 Å². The van der Waals surface area contributed by atoms with Crippen molar-refractivity contribution in [3.05, 3.63) is 40.1 Å². The van der Waals surface area contributed by atoms with Crippen LogP contribution >= 0.6 is 11.3 Å². The van der Waals surface area contributed by atoms with Crippen LogP contribution in [0.3, 0.4) is 0 Å². The Kier molecular flexibility index (Phi) is 3.19. The maximum absolute atomic E-state index is 4.37. The molecule has 0 aliphatic carbocycles. The first-order chi connectivity index (χ1) is 7.65. The molecule has 0 aromatic carbocycles. The topological polar surface area (TPSA) is 37.8 Å². The zero-order valence-corrected chi connectivity index (χ0v) is 10.5. The fraction of sp³-hybridized carbons (Fsp3) is 0.333. The molecule has 2 rings (SSSR count). The molecule has 2 aromatic rings. The number of aryl methyl sites for hydroxylation is 2. The molecule has 0 saturated carbocycles. The van der Waals surface area contributed by atoms with E-state index in [-0.39, 0.29) is 6.04 Å². The number of nitrogens with one attached hydrogen (secondary N) is 1. The maximum Gasteiger partial charge on any atom is 0.115 e. The highest BCUT2D eigenvalue weighted by atomic mass is 32.1. The number of anilines is 1. The predicted molar refractivity (Wildman–Crippen MR) is 67.9 cm³/mol. The van der Waals surface area contributed by atoms with Crippen molar-refractivity contribution >= 4 is 17.0 Å². The molecular weight excluding hydrogens is 218 g/mol. The van der Waals surface area contributed by atoms with Crippen LogP contribution in [0.15, 0.2) is 24.5 Å². The zero-order valence-electron chi connectivity index (χ0n) is 9.69. The van der Waals surface area contributed by atoms with E-state index in [0.717, 1.165) is 16.4 Å². The number of hydrogen-bond acceptors (Lipinski definition) is 4. The van der Waals surface area contributed by atoms with E-state index in [0.29, 0.717) is 0 Å². The molecule has 0 fully saturated rings. The Bertz CT molecular complexity index is 479. The normalized spacial score (nSPS) is 12.4. The first-order valence-electron chi connectivity index (χ1n) is 5.26. The van der Waals surface area contributed by atoms with Crippen LogP contribution in [0, 0.1) is 13.8 Å². The molecule has 1 atom stereocenters. The van der Waals surface area contributed by atoms with Crippen molar-refractivity contribution in [1.29, 1.82) is 0 Å². The van der Waals surface area contributed by atoms with Gasteiger partial charge in [0.2, 0.25) is 0 Å². The Morgan fingerprint density at radius 3 is 2.75 bits per heavy atom. The highest BCUT2D eigenvalue weighted by Gasteiger charge is 2.08. The number of hydrogen-bond donors (Lipinski definition) is 1. The lowest BCUT2D eigenvalue weighted by molar-refractivity contribution is 0.868. The Labute approximate surface area is 99.6 Å². The van der Waals surface area contributed by atoms with E-state index in [1.54, 1.807) is 11.3 Å². The summed E-state index contributed by atoms with van der Waals surface area (Å²) in [7, 11) is 0. The number of pyridine rings is 1. The van der Waals surface area contributed by atoms with Gasteiger partial charge in [0.1, 0.15) is 5.01 Å². The molecular formula is C12H15N3S. The summed E-state index contributed by atoms with van der Waals surface area (Å²) in [5, 5.41) is 4.54. The molecule has 3 nitrogen and oxygen atoms in total. The van der Waals surface area contributed by atoms with Gasteiger partial charge in [0, 0.05) is 28.7 Å². The molecule has 1 N–H and O–H groups in total. The summed E-state index contributed by atoms with van der Waals surface area (Å²) in [4.78, 5) is 9.79. The number of rotatable bonds is 3. The molecule has 84 valence electrons. The Morgan fingerprint density at radius 1 is 1.31 bits per heavy atom. The predicted octanol–water partition coefficient (Wildman–Crippen LogP) is 3.33. The van der Waals surface area contributed by atoms with Gasteiger partial charge in [0.15, 0.2) is 0 Å². The van der Waals surface area contributed by atoms with Gasteiger partial charge in [0.25, 0.3) is 0 Å². The van der Waals surface area contributed by atoms with Gasteiger partial charge in [-0.1, -0.05) is 0 Å². The Balaban J connectivity index is 2.10. The average Bonchev–Trinajstić information content (AvgIpc) is 2.65. The van der Waals surface area contributed by atoms with Crippen molar-refractivity contribution in [3.8, 4) is 0 Å². The van der Waals surface area contributed by atoms with Crippen molar-refractivity contribution in [3.63, 3.8) is 0 Å². The summed E-state index contributed by atoms with van der Waals surface area (Å²) < 4.78 is 0. The molecule has 0 spiro atoms. The van der Waals surface area contributed by atoms with Crippen LogP contribution in [0.5, 0.6) is 0 Å². The number of nitrogens with zero attached hydrogens (tertiary/aromatic N) is 2. The fourth-order valence-electron chi connectivity index (χ4n) is 1.52. The minimum atomic E-state index is 0.237. The van der Waals surface area contributed by atoms with Crippen molar-refractivity contribution in [2.24, 2.45) is 0 Å². The van der Waals surface area contributed by atoms with E-state index >= 15 is 0 Å². The lowest BCUT2D eigenvalue weighted by Gasteiger charge is -2.12. The monoisotopic (exact) mass is 233 g/mol. The third-order valence-electron chi connectivity index (χ3n) is 2.29. The standard InChI is InChI=1S/C12H15N3S/c1-8-6-11(4-5-13-8)15-10(3)12-14-7-9(2)16-12/h4-7,10H,1-3H3,(H,13,15). The Hall–Kier alpha value is -1.42. The van der Waals surface area contributed by atoms with Gasteiger partial charge in [-0.3, -0.25) is 4.98 Å². The maximum atomic E-state index is 4.37. The molecule has 2 heterocycles. The summed E-state index contributed by atoms with van der Waals surface area (Å²) in [6, 6.07) is 4.25. The second-order valence-electron chi connectivity index (χ2n) is 3.86. The smallest absolute Gasteiger partial charge is 0.115 e. The van der Waals surface area contributed by atoms with Gasteiger partial charge in [-0.2, -0.15) is 0 Å². The lowest BCUT2D eigenvalue weighted by Crippen LogP contribution is -2.06. The highest BCUT2D eigenvalue weighted by molar-refractivity contribution is 7.11. The van der Waals surface area contributed by atoms with Gasteiger partial charge in [-0.25, -0.2) is 4.98 Å².